The minimum atomic E-state index is -4.24. The molecule has 0 saturated carbocycles. The SMILES string of the molecule is CCOC(=O)/C(=C/Nc1ccc(OC)cc1)S(=O)(=O)c1ccc(Cl)cc1Cl. The number of halogens is 2. The summed E-state index contributed by atoms with van der Waals surface area (Å²) in [7, 11) is -2.71. The molecule has 0 heterocycles. The van der Waals surface area contributed by atoms with E-state index in [2.05, 4.69) is 5.32 Å². The molecule has 0 unspecified atom stereocenters. The monoisotopic (exact) mass is 429 g/mol. The van der Waals surface area contributed by atoms with Crippen molar-refractivity contribution >= 4 is 44.7 Å². The van der Waals surface area contributed by atoms with Gasteiger partial charge in [0.25, 0.3) is 0 Å². The first kappa shape index (κ1) is 21.1. The van der Waals surface area contributed by atoms with Gasteiger partial charge in [-0.05, 0) is 49.4 Å². The molecule has 27 heavy (non-hydrogen) atoms. The first-order valence-electron chi connectivity index (χ1n) is 7.77. The fourth-order valence-electron chi connectivity index (χ4n) is 2.10. The maximum absolute atomic E-state index is 12.9. The van der Waals surface area contributed by atoms with E-state index in [1.165, 1.54) is 25.3 Å². The van der Waals surface area contributed by atoms with E-state index in [0.717, 1.165) is 6.20 Å². The van der Waals surface area contributed by atoms with E-state index in [0.29, 0.717) is 11.4 Å². The van der Waals surface area contributed by atoms with Crippen LogP contribution in [0.5, 0.6) is 5.75 Å². The highest BCUT2D eigenvalue weighted by Gasteiger charge is 2.30. The van der Waals surface area contributed by atoms with E-state index in [4.69, 9.17) is 32.7 Å². The zero-order chi connectivity index (χ0) is 20.0. The van der Waals surface area contributed by atoms with Gasteiger partial charge in [-0.2, -0.15) is 0 Å². The summed E-state index contributed by atoms with van der Waals surface area (Å²) in [6.07, 6.45) is 1.07. The number of nitrogens with one attached hydrogen (secondary N) is 1. The molecule has 0 fully saturated rings. The van der Waals surface area contributed by atoms with Crippen LogP contribution in [0.1, 0.15) is 6.92 Å². The maximum Gasteiger partial charge on any atom is 0.351 e. The Balaban J connectivity index is 2.44. The van der Waals surface area contributed by atoms with E-state index in [-0.39, 0.29) is 21.5 Å². The normalized spacial score (nSPS) is 11.8. The summed E-state index contributed by atoms with van der Waals surface area (Å²) < 4.78 is 35.8. The van der Waals surface area contributed by atoms with Gasteiger partial charge in [0.05, 0.1) is 23.6 Å². The predicted octanol–water partition coefficient (Wildman–Crippen LogP) is 4.29. The Labute approximate surface area is 167 Å². The van der Waals surface area contributed by atoms with Gasteiger partial charge < -0.3 is 14.8 Å². The van der Waals surface area contributed by atoms with Crippen molar-refractivity contribution in [2.45, 2.75) is 11.8 Å². The van der Waals surface area contributed by atoms with Crippen LogP contribution in [-0.4, -0.2) is 28.1 Å². The van der Waals surface area contributed by atoms with Crippen LogP contribution < -0.4 is 10.1 Å². The van der Waals surface area contributed by atoms with Crippen molar-refractivity contribution < 1.29 is 22.7 Å². The molecule has 0 aliphatic heterocycles. The average molecular weight is 430 g/mol. The highest BCUT2D eigenvalue weighted by Crippen LogP contribution is 2.30. The largest absolute Gasteiger partial charge is 0.497 e. The zero-order valence-electron chi connectivity index (χ0n) is 14.5. The number of anilines is 1. The molecule has 2 rings (SSSR count). The van der Waals surface area contributed by atoms with Gasteiger partial charge in [-0.15, -0.1) is 0 Å². The Bertz CT molecular complexity index is 956. The molecule has 6 nitrogen and oxygen atoms in total. The zero-order valence-corrected chi connectivity index (χ0v) is 16.9. The fraction of sp³-hybridized carbons (Fsp3) is 0.167. The Kier molecular flexibility index (Phi) is 7.12. The minimum Gasteiger partial charge on any atom is -0.497 e. The van der Waals surface area contributed by atoms with E-state index in [1.54, 1.807) is 31.2 Å². The van der Waals surface area contributed by atoms with Crippen LogP contribution in [0.15, 0.2) is 58.5 Å². The van der Waals surface area contributed by atoms with Crippen molar-refractivity contribution in [3.8, 4) is 5.75 Å². The summed E-state index contributed by atoms with van der Waals surface area (Å²) in [6.45, 7) is 1.59. The van der Waals surface area contributed by atoms with Gasteiger partial charge in [0.15, 0.2) is 4.91 Å². The molecule has 2 aromatic carbocycles. The van der Waals surface area contributed by atoms with Gasteiger partial charge in [0.2, 0.25) is 9.84 Å². The fourth-order valence-corrected chi connectivity index (χ4v) is 4.10. The number of hydrogen-bond donors (Lipinski definition) is 1. The minimum absolute atomic E-state index is 0.0164. The predicted molar refractivity (Wildman–Crippen MR) is 105 cm³/mol. The number of hydrogen-bond acceptors (Lipinski definition) is 6. The molecule has 0 aromatic heterocycles. The molecule has 144 valence electrons. The van der Waals surface area contributed by atoms with Gasteiger partial charge in [0, 0.05) is 16.9 Å². The Morgan fingerprint density at radius 2 is 1.81 bits per heavy atom. The summed E-state index contributed by atoms with van der Waals surface area (Å²) in [4.78, 5) is 11.4. The Morgan fingerprint density at radius 3 is 2.37 bits per heavy atom. The molecule has 0 radical (unpaired) electrons. The van der Waals surface area contributed by atoms with Crippen molar-refractivity contribution in [2.75, 3.05) is 19.0 Å². The molecule has 0 aliphatic rings. The number of ether oxygens (including phenoxy) is 2. The van der Waals surface area contributed by atoms with Gasteiger partial charge in [0.1, 0.15) is 5.75 Å². The molecule has 2 aromatic rings. The molecule has 0 bridgehead atoms. The maximum atomic E-state index is 12.9. The molecular weight excluding hydrogens is 413 g/mol. The van der Waals surface area contributed by atoms with Crippen molar-refractivity contribution in [1.29, 1.82) is 0 Å². The molecular formula is C18H17Cl2NO5S. The number of carbonyl (C=O) groups excluding carboxylic acids is 1. The summed E-state index contributed by atoms with van der Waals surface area (Å²) in [5, 5.41) is 2.96. The molecule has 0 saturated heterocycles. The summed E-state index contributed by atoms with van der Waals surface area (Å²) in [5.74, 6) is -0.361. The third-order valence-electron chi connectivity index (χ3n) is 3.41. The van der Waals surface area contributed by atoms with E-state index < -0.39 is 20.7 Å². The lowest BCUT2D eigenvalue weighted by Gasteiger charge is -2.11. The average Bonchev–Trinajstić information content (AvgIpc) is 2.62. The topological polar surface area (TPSA) is 81.7 Å². The highest BCUT2D eigenvalue weighted by molar-refractivity contribution is 7.96. The van der Waals surface area contributed by atoms with Gasteiger partial charge in [-0.25, -0.2) is 13.2 Å². The van der Waals surface area contributed by atoms with Crippen molar-refractivity contribution in [2.24, 2.45) is 0 Å². The van der Waals surface area contributed by atoms with Crippen LogP contribution in [0.4, 0.5) is 5.69 Å². The highest BCUT2D eigenvalue weighted by atomic mass is 35.5. The number of sulfone groups is 1. The second-order valence-electron chi connectivity index (χ2n) is 5.18. The smallest absolute Gasteiger partial charge is 0.351 e. The van der Waals surface area contributed by atoms with E-state index in [9.17, 15) is 13.2 Å². The van der Waals surface area contributed by atoms with Crippen LogP contribution in [-0.2, 0) is 19.4 Å². The van der Waals surface area contributed by atoms with Crippen LogP contribution in [0, 0.1) is 0 Å². The quantitative estimate of drug-likeness (QED) is 0.521. The Hall–Kier alpha value is -2.22. The van der Waals surface area contributed by atoms with E-state index >= 15 is 0 Å². The molecule has 9 heteroatoms. The number of esters is 1. The number of rotatable bonds is 7. The van der Waals surface area contributed by atoms with Crippen LogP contribution in [0.3, 0.4) is 0 Å². The lowest BCUT2D eigenvalue weighted by atomic mass is 10.3. The molecule has 0 atom stereocenters. The molecule has 0 spiro atoms. The van der Waals surface area contributed by atoms with Gasteiger partial charge >= 0.3 is 5.97 Å². The van der Waals surface area contributed by atoms with Crippen molar-refractivity contribution in [3.05, 3.63) is 63.6 Å². The van der Waals surface area contributed by atoms with Crippen LogP contribution >= 0.6 is 23.2 Å². The summed E-state index contributed by atoms with van der Waals surface area (Å²) >= 11 is 11.8. The van der Waals surface area contributed by atoms with Crippen LogP contribution in [0.25, 0.3) is 0 Å². The summed E-state index contributed by atoms with van der Waals surface area (Å²) in [5.41, 5.74) is 0.551. The number of carbonyl (C=O) groups is 1. The first-order chi connectivity index (χ1) is 12.8. The van der Waals surface area contributed by atoms with Gasteiger partial charge in [-0.1, -0.05) is 23.2 Å². The van der Waals surface area contributed by atoms with E-state index in [1.807, 2.05) is 0 Å². The number of methoxy groups -OCH3 is 1. The standard InChI is InChI=1S/C18H17Cl2NO5S/c1-3-26-18(22)17(11-21-13-5-7-14(25-2)8-6-13)27(23,24)16-9-4-12(19)10-15(16)20/h4-11,21H,3H2,1-2H3/b17-11-. The second-order valence-corrected chi connectivity index (χ2v) is 7.91. The second kappa shape index (κ2) is 9.12. The van der Waals surface area contributed by atoms with Crippen molar-refractivity contribution in [1.82, 2.24) is 0 Å². The summed E-state index contributed by atoms with van der Waals surface area (Å²) in [6, 6.07) is 10.6. The molecule has 0 amide bonds. The molecule has 0 aliphatic carbocycles. The third kappa shape index (κ3) is 5.15. The number of benzene rings is 2. The van der Waals surface area contributed by atoms with Crippen LogP contribution in [0.2, 0.25) is 10.0 Å². The van der Waals surface area contributed by atoms with Crippen molar-refractivity contribution in [3.63, 3.8) is 0 Å². The third-order valence-corrected chi connectivity index (χ3v) is 5.87. The lowest BCUT2D eigenvalue weighted by molar-refractivity contribution is -0.137. The molecule has 1 N–H and O–H groups in total. The Morgan fingerprint density at radius 1 is 1.15 bits per heavy atom. The van der Waals surface area contributed by atoms with Gasteiger partial charge in [-0.3, -0.25) is 0 Å². The first-order valence-corrected chi connectivity index (χ1v) is 10.0. The lowest BCUT2D eigenvalue weighted by Crippen LogP contribution is -2.18.